The summed E-state index contributed by atoms with van der Waals surface area (Å²) in [5.74, 6) is 0.387. The second-order valence-electron chi connectivity index (χ2n) is 4.82. The van der Waals surface area contributed by atoms with Gasteiger partial charge < -0.3 is 4.42 Å². The zero-order chi connectivity index (χ0) is 16.9. The fourth-order valence-corrected chi connectivity index (χ4v) is 3.74. The Morgan fingerprint density at radius 1 is 1.39 bits per heavy atom. The Bertz CT molecular complexity index is 799. The lowest BCUT2D eigenvalue weighted by Crippen LogP contribution is -2.36. The van der Waals surface area contributed by atoms with Gasteiger partial charge in [0.2, 0.25) is 0 Å². The van der Waals surface area contributed by atoms with Gasteiger partial charge in [-0.3, -0.25) is 5.01 Å². The van der Waals surface area contributed by atoms with Gasteiger partial charge in [0.25, 0.3) is 0 Å². The van der Waals surface area contributed by atoms with Crippen LogP contribution in [0.5, 0.6) is 0 Å². The molecule has 0 bridgehead atoms. The lowest BCUT2D eigenvalue weighted by Gasteiger charge is -2.29. The fraction of sp³-hybridized carbons (Fsp3) is 0.308. The Morgan fingerprint density at radius 3 is 2.74 bits per heavy atom. The zero-order valence-electron chi connectivity index (χ0n) is 11.9. The Hall–Kier alpha value is -0.930. The van der Waals surface area contributed by atoms with Crippen LogP contribution < -0.4 is 0 Å². The largest absolute Gasteiger partial charge is 0.441 e. The van der Waals surface area contributed by atoms with E-state index in [0.717, 1.165) is 5.17 Å². The maximum Gasteiger partial charge on any atom is 0.362 e. The van der Waals surface area contributed by atoms with E-state index in [1.807, 2.05) is 0 Å². The van der Waals surface area contributed by atoms with Crippen LogP contribution in [0.15, 0.2) is 21.2 Å². The molecule has 0 saturated carbocycles. The zero-order valence-corrected chi connectivity index (χ0v) is 15.0. The van der Waals surface area contributed by atoms with Crippen LogP contribution in [0.3, 0.4) is 0 Å². The van der Waals surface area contributed by atoms with E-state index in [9.17, 15) is 8.78 Å². The maximum atomic E-state index is 12.7. The smallest absolute Gasteiger partial charge is 0.362 e. The molecule has 1 aromatic heterocycles. The van der Waals surface area contributed by atoms with Gasteiger partial charge in [0.15, 0.2) is 11.5 Å². The Kier molecular flexibility index (Phi) is 4.54. The van der Waals surface area contributed by atoms with Crippen molar-refractivity contribution in [2.75, 3.05) is 7.05 Å². The van der Waals surface area contributed by atoms with E-state index in [-0.39, 0.29) is 5.02 Å². The van der Waals surface area contributed by atoms with Crippen molar-refractivity contribution in [1.29, 1.82) is 0 Å². The van der Waals surface area contributed by atoms with Gasteiger partial charge in [-0.25, -0.2) is 9.82 Å². The Morgan fingerprint density at radius 2 is 2.09 bits per heavy atom. The van der Waals surface area contributed by atoms with E-state index in [0.29, 0.717) is 32.1 Å². The number of alkyl halides is 2. The summed E-state index contributed by atoms with van der Waals surface area (Å²) in [4.78, 5) is 8.79. The summed E-state index contributed by atoms with van der Waals surface area (Å²) in [6, 6.07) is 0.746. The van der Waals surface area contributed by atoms with Crippen LogP contribution >= 0.6 is 39.1 Å². The molecule has 1 aliphatic rings. The molecule has 1 unspecified atom stereocenters. The van der Waals surface area contributed by atoms with Crippen molar-refractivity contribution in [2.45, 2.75) is 19.6 Å². The molecule has 1 aromatic carbocycles. The van der Waals surface area contributed by atoms with Crippen molar-refractivity contribution < 1.29 is 18.0 Å². The molecule has 1 atom stereocenters. The SMILES string of the molecule is Cc1nc2c(Cl)cc(Cl)c(C3C(Br)=CN(C)N3OC(F)F)c2o1. The molecule has 0 fully saturated rings. The molecule has 3 rings (SSSR count). The highest BCUT2D eigenvalue weighted by Crippen LogP contribution is 2.46. The first kappa shape index (κ1) is 16.9. The van der Waals surface area contributed by atoms with Gasteiger partial charge in [0, 0.05) is 30.2 Å². The van der Waals surface area contributed by atoms with Gasteiger partial charge in [-0.2, -0.15) is 8.78 Å². The average molecular weight is 429 g/mol. The van der Waals surface area contributed by atoms with E-state index >= 15 is 0 Å². The van der Waals surface area contributed by atoms with Crippen molar-refractivity contribution in [3.63, 3.8) is 0 Å². The summed E-state index contributed by atoms with van der Waals surface area (Å²) in [6.07, 6.45) is 1.59. The van der Waals surface area contributed by atoms with E-state index < -0.39 is 12.7 Å². The topological polar surface area (TPSA) is 41.7 Å². The van der Waals surface area contributed by atoms with Crippen molar-refractivity contribution in [1.82, 2.24) is 15.2 Å². The molecular formula is C13H10BrCl2F2N3O2. The number of nitrogens with zero attached hydrogens (tertiary/aromatic N) is 3. The number of fused-ring (bicyclic) bond motifs is 1. The third kappa shape index (κ3) is 2.94. The van der Waals surface area contributed by atoms with Crippen LogP contribution in [-0.4, -0.2) is 28.8 Å². The minimum atomic E-state index is -3.00. The van der Waals surface area contributed by atoms with Gasteiger partial charge in [-0.05, 0) is 6.07 Å². The summed E-state index contributed by atoms with van der Waals surface area (Å²) in [5, 5.41) is 2.95. The highest BCUT2D eigenvalue weighted by atomic mass is 79.9. The molecule has 0 amide bonds. The van der Waals surface area contributed by atoms with Crippen LogP contribution in [-0.2, 0) is 4.84 Å². The summed E-state index contributed by atoms with van der Waals surface area (Å²) < 4.78 is 31.6. The summed E-state index contributed by atoms with van der Waals surface area (Å²) in [6.45, 7) is -1.34. The van der Waals surface area contributed by atoms with Crippen molar-refractivity contribution in [2.24, 2.45) is 0 Å². The van der Waals surface area contributed by atoms with Crippen LogP contribution in [0.4, 0.5) is 8.78 Å². The highest BCUT2D eigenvalue weighted by molar-refractivity contribution is 9.11. The molecule has 0 radical (unpaired) electrons. The Balaban J connectivity index is 2.20. The van der Waals surface area contributed by atoms with E-state index in [4.69, 9.17) is 27.6 Å². The number of hydrazine groups is 1. The predicted octanol–water partition coefficient (Wildman–Crippen LogP) is 5.04. The van der Waals surface area contributed by atoms with Crippen LogP contribution in [0.25, 0.3) is 11.1 Å². The van der Waals surface area contributed by atoms with E-state index in [2.05, 4.69) is 25.8 Å². The first-order valence-electron chi connectivity index (χ1n) is 6.38. The molecule has 5 nitrogen and oxygen atoms in total. The second-order valence-corrected chi connectivity index (χ2v) is 6.55. The third-order valence-corrected chi connectivity index (χ3v) is 4.52. The molecule has 10 heteroatoms. The van der Waals surface area contributed by atoms with Gasteiger partial charge >= 0.3 is 6.61 Å². The molecule has 124 valence electrons. The van der Waals surface area contributed by atoms with E-state index in [1.54, 1.807) is 20.2 Å². The number of oxazole rings is 1. The average Bonchev–Trinajstić information content (AvgIpc) is 2.93. The molecular weight excluding hydrogens is 419 g/mol. The van der Waals surface area contributed by atoms with Crippen LogP contribution in [0.1, 0.15) is 17.5 Å². The fourth-order valence-electron chi connectivity index (χ4n) is 2.45. The molecule has 2 aromatic rings. The number of benzene rings is 1. The van der Waals surface area contributed by atoms with Gasteiger partial charge in [-0.15, -0.1) is 0 Å². The summed E-state index contributed by atoms with van der Waals surface area (Å²) >= 11 is 15.8. The molecule has 0 spiro atoms. The third-order valence-electron chi connectivity index (χ3n) is 3.28. The van der Waals surface area contributed by atoms with Crippen molar-refractivity contribution in [3.05, 3.63) is 38.2 Å². The minimum Gasteiger partial charge on any atom is -0.441 e. The molecule has 23 heavy (non-hydrogen) atoms. The standard InChI is InChI=1S/C13H10BrCl2F2N3O2/c1-5-19-10-8(16)3-7(15)9(12(10)22-5)11-6(14)4-20(2)21(11)23-13(17)18/h3-4,11,13H,1-2H3. The molecule has 0 aliphatic carbocycles. The number of aromatic nitrogens is 1. The quantitative estimate of drug-likeness (QED) is 0.685. The number of aryl methyl sites for hydroxylation is 1. The molecule has 0 saturated heterocycles. The van der Waals surface area contributed by atoms with Crippen molar-refractivity contribution >= 4 is 50.2 Å². The highest BCUT2D eigenvalue weighted by Gasteiger charge is 2.38. The lowest BCUT2D eigenvalue weighted by atomic mass is 10.1. The number of halogens is 5. The van der Waals surface area contributed by atoms with Gasteiger partial charge in [0.1, 0.15) is 11.6 Å². The number of hydrogen-bond acceptors (Lipinski definition) is 5. The Labute approximate surface area is 148 Å². The normalized spacial score (nSPS) is 19.2. The number of rotatable bonds is 3. The number of hydrogen-bond donors (Lipinski definition) is 0. The maximum absolute atomic E-state index is 12.7. The van der Waals surface area contributed by atoms with Crippen LogP contribution in [0, 0.1) is 6.92 Å². The van der Waals surface area contributed by atoms with Gasteiger partial charge in [0.05, 0.1) is 10.0 Å². The first-order valence-corrected chi connectivity index (χ1v) is 7.93. The summed E-state index contributed by atoms with van der Waals surface area (Å²) in [7, 11) is 1.57. The minimum absolute atomic E-state index is 0.257. The van der Waals surface area contributed by atoms with E-state index in [1.165, 1.54) is 11.1 Å². The van der Waals surface area contributed by atoms with Gasteiger partial charge in [-0.1, -0.05) is 44.3 Å². The summed E-state index contributed by atoms with van der Waals surface area (Å²) in [5.41, 5.74) is 1.17. The van der Waals surface area contributed by atoms with Crippen molar-refractivity contribution in [3.8, 4) is 0 Å². The lowest BCUT2D eigenvalue weighted by molar-refractivity contribution is -0.351. The molecule has 0 N–H and O–H groups in total. The first-order chi connectivity index (χ1) is 10.8. The predicted molar refractivity (Wildman–Crippen MR) is 85.2 cm³/mol. The monoisotopic (exact) mass is 427 g/mol. The second kappa shape index (κ2) is 6.18. The molecule has 1 aliphatic heterocycles. The number of hydroxylamine groups is 1. The molecule has 2 heterocycles. The van der Waals surface area contributed by atoms with Crippen LogP contribution in [0.2, 0.25) is 10.0 Å².